The van der Waals surface area contributed by atoms with Crippen LogP contribution < -0.4 is 10.2 Å². The zero-order chi connectivity index (χ0) is 24.9. The number of anilines is 2. The summed E-state index contributed by atoms with van der Waals surface area (Å²) in [5, 5.41) is 9.85. The summed E-state index contributed by atoms with van der Waals surface area (Å²) in [4.78, 5) is 18.0. The maximum Gasteiger partial charge on any atom is 0.238 e. The Morgan fingerprint density at radius 2 is 2.03 bits per heavy atom. The van der Waals surface area contributed by atoms with E-state index in [2.05, 4.69) is 20.9 Å². The summed E-state index contributed by atoms with van der Waals surface area (Å²) in [5.74, 6) is 0.768. The Balaban J connectivity index is 1.21. The van der Waals surface area contributed by atoms with Crippen LogP contribution in [0.5, 0.6) is 0 Å². The van der Waals surface area contributed by atoms with E-state index in [-0.39, 0.29) is 18.6 Å². The average Bonchev–Trinajstić information content (AvgIpc) is 3.65. The van der Waals surface area contributed by atoms with Crippen molar-refractivity contribution in [2.75, 3.05) is 56.7 Å². The quantitative estimate of drug-likeness (QED) is 0.425. The summed E-state index contributed by atoms with van der Waals surface area (Å²) in [6, 6.07) is 12.0. The molecule has 2 aliphatic heterocycles. The summed E-state index contributed by atoms with van der Waals surface area (Å²) in [6.07, 6.45) is 2.27. The fourth-order valence-corrected chi connectivity index (χ4v) is 5.56. The van der Waals surface area contributed by atoms with E-state index in [9.17, 15) is 4.79 Å². The smallest absolute Gasteiger partial charge is 0.238 e. The van der Waals surface area contributed by atoms with E-state index in [4.69, 9.17) is 26.8 Å². The lowest BCUT2D eigenvalue weighted by atomic mass is 10.2. The summed E-state index contributed by atoms with van der Waals surface area (Å²) in [6.45, 7) is 5.39. The van der Waals surface area contributed by atoms with Crippen molar-refractivity contribution < 1.29 is 14.3 Å². The van der Waals surface area contributed by atoms with E-state index in [0.717, 1.165) is 67.8 Å². The fourth-order valence-electron chi connectivity index (χ4n) is 4.58. The van der Waals surface area contributed by atoms with Crippen LogP contribution in [0, 0.1) is 4.77 Å². The molecule has 3 aromatic rings. The zero-order valence-electron chi connectivity index (χ0n) is 20.5. The van der Waals surface area contributed by atoms with E-state index in [1.54, 1.807) is 16.0 Å². The molecule has 1 N–H and O–H groups in total. The second-order valence-electron chi connectivity index (χ2n) is 9.18. The van der Waals surface area contributed by atoms with Gasteiger partial charge in [0, 0.05) is 31.1 Å². The number of rotatable bonds is 9. The standard InChI is InChI=1S/C25H32N6O3S2/c1-28(17-23(32)26-19-6-8-20(9-7-19)29-10-13-33-14-11-29)18-31-25(35)30(16-21-4-2-12-34-21)24(27-31)22-5-3-15-36-22/h3,5-9,15,21H,2,4,10-14,16-18H2,1H3,(H,26,32)/t21-/m1/s1. The molecule has 0 radical (unpaired) electrons. The van der Waals surface area contributed by atoms with Crippen LogP contribution in [-0.4, -0.2) is 77.8 Å². The summed E-state index contributed by atoms with van der Waals surface area (Å²) >= 11 is 7.44. The first-order valence-electron chi connectivity index (χ1n) is 12.3. The van der Waals surface area contributed by atoms with Gasteiger partial charge in [-0.2, -0.15) is 0 Å². The van der Waals surface area contributed by atoms with Gasteiger partial charge in [-0.05, 0) is 67.8 Å². The van der Waals surface area contributed by atoms with Gasteiger partial charge in [-0.1, -0.05) is 6.07 Å². The summed E-state index contributed by atoms with van der Waals surface area (Å²) < 4.78 is 15.8. The Labute approximate surface area is 220 Å². The Morgan fingerprint density at radius 3 is 2.72 bits per heavy atom. The predicted octanol–water partition coefficient (Wildman–Crippen LogP) is 3.69. The minimum Gasteiger partial charge on any atom is -0.378 e. The molecular formula is C25H32N6O3S2. The van der Waals surface area contributed by atoms with Gasteiger partial charge in [0.05, 0.1) is 44.0 Å². The summed E-state index contributed by atoms with van der Waals surface area (Å²) in [7, 11) is 1.90. The number of hydrogen-bond acceptors (Lipinski definition) is 8. The van der Waals surface area contributed by atoms with Gasteiger partial charge in [0.2, 0.25) is 5.91 Å². The third-order valence-electron chi connectivity index (χ3n) is 6.39. The average molecular weight is 529 g/mol. The highest BCUT2D eigenvalue weighted by Crippen LogP contribution is 2.26. The maximum atomic E-state index is 12.7. The molecule has 9 nitrogen and oxygen atoms in total. The van der Waals surface area contributed by atoms with Crippen LogP contribution in [0.2, 0.25) is 0 Å². The van der Waals surface area contributed by atoms with Crippen LogP contribution in [-0.2, 0) is 27.5 Å². The lowest BCUT2D eigenvalue weighted by Gasteiger charge is -2.28. The van der Waals surface area contributed by atoms with E-state index in [1.807, 2.05) is 47.7 Å². The molecule has 1 aromatic carbocycles. The van der Waals surface area contributed by atoms with E-state index < -0.39 is 0 Å². The number of nitrogens with zero attached hydrogens (tertiary/aromatic N) is 5. The SMILES string of the molecule is CN(CC(=O)Nc1ccc(N2CCOCC2)cc1)Cn1nc(-c2cccs2)n(C[C@H]2CCCO2)c1=S. The Hall–Kier alpha value is -2.57. The number of hydrogen-bond donors (Lipinski definition) is 1. The molecule has 0 bridgehead atoms. The molecule has 4 heterocycles. The van der Waals surface area contributed by atoms with Crippen molar-refractivity contribution in [2.24, 2.45) is 0 Å². The minimum absolute atomic E-state index is 0.0830. The lowest BCUT2D eigenvalue weighted by molar-refractivity contribution is -0.117. The van der Waals surface area contributed by atoms with Gasteiger partial charge in [0.1, 0.15) is 0 Å². The van der Waals surface area contributed by atoms with Gasteiger partial charge in [-0.3, -0.25) is 14.3 Å². The zero-order valence-corrected chi connectivity index (χ0v) is 22.1. The number of aromatic nitrogens is 3. The molecule has 11 heteroatoms. The molecule has 1 atom stereocenters. The molecule has 0 unspecified atom stereocenters. The van der Waals surface area contributed by atoms with Crippen molar-refractivity contribution in [2.45, 2.75) is 32.2 Å². The third kappa shape index (κ3) is 6.04. The molecule has 0 aliphatic carbocycles. The van der Waals surface area contributed by atoms with Crippen molar-refractivity contribution in [3.8, 4) is 10.7 Å². The number of amides is 1. The Bertz CT molecular complexity index is 1200. The van der Waals surface area contributed by atoms with Crippen LogP contribution >= 0.6 is 23.6 Å². The van der Waals surface area contributed by atoms with Crippen molar-refractivity contribution >= 4 is 40.8 Å². The number of carbonyl (C=O) groups is 1. The molecule has 0 saturated carbocycles. The topological polar surface area (TPSA) is 76.8 Å². The second-order valence-corrected chi connectivity index (χ2v) is 10.5. The van der Waals surface area contributed by atoms with Gasteiger partial charge in [-0.25, -0.2) is 4.68 Å². The molecule has 5 rings (SSSR count). The van der Waals surface area contributed by atoms with E-state index in [0.29, 0.717) is 18.0 Å². The van der Waals surface area contributed by atoms with Crippen molar-refractivity contribution in [3.63, 3.8) is 0 Å². The molecule has 2 saturated heterocycles. The number of nitrogens with one attached hydrogen (secondary N) is 1. The number of benzene rings is 1. The van der Waals surface area contributed by atoms with Crippen LogP contribution in [0.15, 0.2) is 41.8 Å². The van der Waals surface area contributed by atoms with E-state index >= 15 is 0 Å². The largest absolute Gasteiger partial charge is 0.378 e. The summed E-state index contributed by atoms with van der Waals surface area (Å²) in [5.41, 5.74) is 1.92. The monoisotopic (exact) mass is 528 g/mol. The van der Waals surface area contributed by atoms with Gasteiger partial charge in [-0.15, -0.1) is 16.4 Å². The number of carbonyl (C=O) groups excluding carboxylic acids is 1. The first-order valence-corrected chi connectivity index (χ1v) is 13.6. The first-order chi connectivity index (χ1) is 17.6. The highest BCUT2D eigenvalue weighted by atomic mass is 32.1. The van der Waals surface area contributed by atoms with Crippen molar-refractivity contribution in [3.05, 3.63) is 46.5 Å². The fraction of sp³-hybridized carbons (Fsp3) is 0.480. The van der Waals surface area contributed by atoms with Gasteiger partial charge in [0.25, 0.3) is 0 Å². The van der Waals surface area contributed by atoms with Crippen molar-refractivity contribution in [1.29, 1.82) is 0 Å². The van der Waals surface area contributed by atoms with Crippen LogP contribution in [0.3, 0.4) is 0 Å². The molecule has 2 aromatic heterocycles. The number of likely N-dealkylation sites (N-methyl/N-ethyl adjacent to an activating group) is 1. The third-order valence-corrected chi connectivity index (χ3v) is 7.69. The molecule has 192 valence electrons. The second kappa shape index (κ2) is 11.7. The van der Waals surface area contributed by atoms with Crippen LogP contribution in [0.25, 0.3) is 10.7 Å². The maximum absolute atomic E-state index is 12.7. The van der Waals surface area contributed by atoms with Crippen LogP contribution in [0.4, 0.5) is 11.4 Å². The molecular weight excluding hydrogens is 496 g/mol. The lowest BCUT2D eigenvalue weighted by Crippen LogP contribution is -2.36. The van der Waals surface area contributed by atoms with Gasteiger partial charge in [0.15, 0.2) is 10.6 Å². The molecule has 36 heavy (non-hydrogen) atoms. The molecule has 0 spiro atoms. The van der Waals surface area contributed by atoms with Crippen LogP contribution in [0.1, 0.15) is 12.8 Å². The van der Waals surface area contributed by atoms with Crippen molar-refractivity contribution in [1.82, 2.24) is 19.2 Å². The normalized spacial score (nSPS) is 18.2. The Kier molecular flexibility index (Phi) is 8.12. The highest BCUT2D eigenvalue weighted by molar-refractivity contribution is 7.71. The number of ether oxygens (including phenoxy) is 2. The molecule has 2 fully saturated rings. The number of thiophene rings is 1. The van der Waals surface area contributed by atoms with E-state index in [1.165, 1.54) is 0 Å². The molecule has 1 amide bonds. The highest BCUT2D eigenvalue weighted by Gasteiger charge is 2.22. The minimum atomic E-state index is -0.0830. The van der Waals surface area contributed by atoms with Gasteiger partial charge >= 0.3 is 0 Å². The number of morpholine rings is 1. The molecule has 2 aliphatic rings. The first kappa shape index (κ1) is 25.1. The Morgan fingerprint density at radius 1 is 1.22 bits per heavy atom. The predicted molar refractivity (Wildman–Crippen MR) is 144 cm³/mol. The van der Waals surface area contributed by atoms with Gasteiger partial charge < -0.3 is 19.7 Å².